The predicted octanol–water partition coefficient (Wildman–Crippen LogP) is 3.30. The fourth-order valence-corrected chi connectivity index (χ4v) is 2.24. The second kappa shape index (κ2) is 7.45. The van der Waals surface area contributed by atoms with Crippen LogP contribution in [0.5, 0.6) is 0 Å². The van der Waals surface area contributed by atoms with Crippen LogP contribution in [0.4, 0.5) is 0 Å². The second-order valence-corrected chi connectivity index (χ2v) is 6.55. The summed E-state index contributed by atoms with van der Waals surface area (Å²) in [6.45, 7) is 8.17. The quantitative estimate of drug-likeness (QED) is 0.827. The Morgan fingerprint density at radius 3 is 2.55 bits per heavy atom. The van der Waals surface area contributed by atoms with Crippen LogP contribution >= 0.6 is 11.8 Å². The summed E-state index contributed by atoms with van der Waals surface area (Å²) in [6, 6.07) is 8.02. The Balaban J connectivity index is 1.90. The van der Waals surface area contributed by atoms with E-state index in [2.05, 4.69) is 29.4 Å². The average molecular weight is 319 g/mol. The molecule has 22 heavy (non-hydrogen) atoms. The monoisotopic (exact) mass is 319 g/mol. The smallest absolute Gasteiger partial charge is 0.277 e. The van der Waals surface area contributed by atoms with Crippen LogP contribution < -0.4 is 5.32 Å². The lowest BCUT2D eigenvalue weighted by molar-refractivity contribution is -0.119. The van der Waals surface area contributed by atoms with Gasteiger partial charge in [-0.25, -0.2) is 0 Å². The van der Waals surface area contributed by atoms with Gasteiger partial charge in [0.15, 0.2) is 0 Å². The molecule has 1 amide bonds. The molecule has 1 heterocycles. The molecule has 2 rings (SSSR count). The summed E-state index contributed by atoms with van der Waals surface area (Å²) in [6.07, 6.45) is 0. The molecule has 1 aromatic heterocycles. The molecule has 0 spiro atoms. The van der Waals surface area contributed by atoms with Crippen molar-refractivity contribution in [3.05, 3.63) is 29.8 Å². The number of nitrogens with zero attached hydrogens (tertiary/aromatic N) is 2. The van der Waals surface area contributed by atoms with Crippen LogP contribution in [0, 0.1) is 12.8 Å². The van der Waals surface area contributed by atoms with Crippen LogP contribution in [0.2, 0.25) is 0 Å². The molecule has 0 aliphatic carbocycles. The first-order valence-corrected chi connectivity index (χ1v) is 8.27. The van der Waals surface area contributed by atoms with Crippen LogP contribution in [-0.4, -0.2) is 27.9 Å². The van der Waals surface area contributed by atoms with Crippen LogP contribution in [0.25, 0.3) is 11.5 Å². The van der Waals surface area contributed by atoms with Crippen LogP contribution in [0.1, 0.15) is 26.3 Å². The molecule has 0 unspecified atom stereocenters. The fraction of sp³-hybridized carbons (Fsp3) is 0.438. The minimum atomic E-state index is -0.0266. The van der Waals surface area contributed by atoms with Gasteiger partial charge in [-0.3, -0.25) is 4.79 Å². The van der Waals surface area contributed by atoms with Crippen molar-refractivity contribution in [1.82, 2.24) is 15.5 Å². The molecule has 5 nitrogen and oxygen atoms in total. The molecule has 0 fully saturated rings. The van der Waals surface area contributed by atoms with Crippen molar-refractivity contribution in [3.63, 3.8) is 0 Å². The molecule has 1 aromatic carbocycles. The van der Waals surface area contributed by atoms with Crippen LogP contribution in [-0.2, 0) is 4.79 Å². The second-order valence-electron chi connectivity index (χ2n) is 5.63. The molecular formula is C16H21N3O2S. The summed E-state index contributed by atoms with van der Waals surface area (Å²) in [5.74, 6) is 1.12. The van der Waals surface area contributed by atoms with E-state index < -0.39 is 0 Å². The van der Waals surface area contributed by atoms with Crippen molar-refractivity contribution >= 4 is 17.7 Å². The summed E-state index contributed by atoms with van der Waals surface area (Å²) < 4.78 is 5.57. The van der Waals surface area contributed by atoms with E-state index in [0.29, 0.717) is 17.0 Å². The first-order valence-electron chi connectivity index (χ1n) is 7.28. The van der Waals surface area contributed by atoms with Crippen LogP contribution in [0.15, 0.2) is 33.9 Å². The van der Waals surface area contributed by atoms with Crippen molar-refractivity contribution in [2.75, 3.05) is 5.75 Å². The van der Waals surface area contributed by atoms with Gasteiger partial charge in [-0.15, -0.1) is 10.2 Å². The minimum Gasteiger partial charge on any atom is -0.411 e. The molecule has 0 bridgehead atoms. The zero-order chi connectivity index (χ0) is 16.1. The maximum absolute atomic E-state index is 11.8. The van der Waals surface area contributed by atoms with Gasteiger partial charge in [0.1, 0.15) is 0 Å². The molecule has 2 aromatic rings. The Hall–Kier alpha value is -1.82. The highest BCUT2D eigenvalue weighted by Crippen LogP contribution is 2.23. The third-order valence-electron chi connectivity index (χ3n) is 3.42. The first kappa shape index (κ1) is 16.5. The van der Waals surface area contributed by atoms with E-state index in [1.807, 2.05) is 38.1 Å². The average Bonchev–Trinajstić information content (AvgIpc) is 2.94. The zero-order valence-corrected chi connectivity index (χ0v) is 14.1. The van der Waals surface area contributed by atoms with Gasteiger partial charge in [-0.2, -0.15) is 0 Å². The van der Waals surface area contributed by atoms with E-state index in [9.17, 15) is 4.79 Å². The number of rotatable bonds is 6. The van der Waals surface area contributed by atoms with Gasteiger partial charge >= 0.3 is 0 Å². The van der Waals surface area contributed by atoms with E-state index in [1.54, 1.807) is 0 Å². The van der Waals surface area contributed by atoms with Crippen molar-refractivity contribution in [2.24, 2.45) is 5.92 Å². The molecule has 1 atom stereocenters. The Labute approximate surface area is 134 Å². The highest BCUT2D eigenvalue weighted by molar-refractivity contribution is 7.99. The summed E-state index contributed by atoms with van der Waals surface area (Å²) in [7, 11) is 0. The maximum Gasteiger partial charge on any atom is 0.277 e. The lowest BCUT2D eigenvalue weighted by atomic mass is 10.1. The summed E-state index contributed by atoms with van der Waals surface area (Å²) >= 11 is 1.25. The number of benzene rings is 1. The van der Waals surface area contributed by atoms with Crippen LogP contribution in [0.3, 0.4) is 0 Å². The van der Waals surface area contributed by atoms with E-state index in [-0.39, 0.29) is 17.7 Å². The standard InChI is InChI=1S/C16H21N3O2S/c1-10(2)12(4)17-14(20)9-22-16-19-18-15(21-16)13-7-5-11(3)6-8-13/h5-8,10,12H,9H2,1-4H3,(H,17,20)/t12-/m0/s1. The van der Waals surface area contributed by atoms with Gasteiger partial charge in [0.25, 0.3) is 5.22 Å². The third-order valence-corrected chi connectivity index (χ3v) is 4.24. The number of hydrogen-bond acceptors (Lipinski definition) is 5. The molecule has 0 aliphatic heterocycles. The number of nitrogens with one attached hydrogen (secondary N) is 1. The SMILES string of the molecule is Cc1ccc(-c2nnc(SCC(=O)N[C@@H](C)C(C)C)o2)cc1. The van der Waals surface area contributed by atoms with Crippen molar-refractivity contribution < 1.29 is 9.21 Å². The lowest BCUT2D eigenvalue weighted by Gasteiger charge is -2.16. The van der Waals surface area contributed by atoms with E-state index in [1.165, 1.54) is 17.3 Å². The number of aryl methyl sites for hydroxylation is 1. The Morgan fingerprint density at radius 2 is 1.91 bits per heavy atom. The highest BCUT2D eigenvalue weighted by atomic mass is 32.2. The fourth-order valence-electron chi connectivity index (χ4n) is 1.67. The number of amides is 1. The minimum absolute atomic E-state index is 0.0266. The highest BCUT2D eigenvalue weighted by Gasteiger charge is 2.14. The molecular weight excluding hydrogens is 298 g/mol. The van der Waals surface area contributed by atoms with Gasteiger partial charge in [0, 0.05) is 11.6 Å². The number of carbonyl (C=O) groups excluding carboxylic acids is 1. The van der Waals surface area contributed by atoms with E-state index >= 15 is 0 Å². The predicted molar refractivity (Wildman–Crippen MR) is 87.6 cm³/mol. The summed E-state index contributed by atoms with van der Waals surface area (Å²) in [5, 5.41) is 11.3. The lowest BCUT2D eigenvalue weighted by Crippen LogP contribution is -2.37. The number of carbonyl (C=O) groups is 1. The van der Waals surface area contributed by atoms with Crippen molar-refractivity contribution in [2.45, 2.75) is 39.0 Å². The molecule has 118 valence electrons. The Kier molecular flexibility index (Phi) is 5.60. The van der Waals surface area contributed by atoms with Gasteiger partial charge in [-0.1, -0.05) is 43.3 Å². The molecule has 0 radical (unpaired) electrons. The van der Waals surface area contributed by atoms with Crippen molar-refractivity contribution in [1.29, 1.82) is 0 Å². The molecule has 0 saturated heterocycles. The Morgan fingerprint density at radius 1 is 1.23 bits per heavy atom. The first-order chi connectivity index (χ1) is 10.5. The number of thioether (sulfide) groups is 1. The molecule has 1 N–H and O–H groups in total. The molecule has 6 heteroatoms. The van der Waals surface area contributed by atoms with Crippen molar-refractivity contribution in [3.8, 4) is 11.5 Å². The summed E-state index contributed by atoms with van der Waals surface area (Å²) in [4.78, 5) is 11.8. The largest absolute Gasteiger partial charge is 0.411 e. The topological polar surface area (TPSA) is 68.0 Å². The van der Waals surface area contributed by atoms with E-state index in [4.69, 9.17) is 4.42 Å². The summed E-state index contributed by atoms with van der Waals surface area (Å²) in [5.41, 5.74) is 2.05. The van der Waals surface area contributed by atoms with E-state index in [0.717, 1.165) is 5.56 Å². The number of aromatic nitrogens is 2. The number of hydrogen-bond donors (Lipinski definition) is 1. The Bertz CT molecular complexity index is 623. The normalized spacial score (nSPS) is 12.4. The zero-order valence-electron chi connectivity index (χ0n) is 13.3. The van der Waals surface area contributed by atoms with Gasteiger partial charge < -0.3 is 9.73 Å². The van der Waals surface area contributed by atoms with Gasteiger partial charge in [0.2, 0.25) is 11.8 Å². The maximum atomic E-state index is 11.8. The third kappa shape index (κ3) is 4.59. The van der Waals surface area contributed by atoms with Gasteiger partial charge in [0.05, 0.1) is 5.75 Å². The van der Waals surface area contributed by atoms with Gasteiger partial charge in [-0.05, 0) is 31.9 Å². The molecule has 0 aliphatic rings. The molecule has 0 saturated carbocycles.